The lowest BCUT2D eigenvalue weighted by atomic mass is 10.1. The van der Waals surface area contributed by atoms with Crippen LogP contribution in [0.25, 0.3) is 0 Å². The van der Waals surface area contributed by atoms with Gasteiger partial charge in [-0.25, -0.2) is 0 Å². The Bertz CT molecular complexity index is 641. The molecule has 21 heavy (non-hydrogen) atoms. The summed E-state index contributed by atoms with van der Waals surface area (Å²) in [6.07, 6.45) is 0. The Kier molecular flexibility index (Phi) is 5.26. The predicted molar refractivity (Wildman–Crippen MR) is 94.3 cm³/mol. The molecule has 5 heteroatoms. The topological polar surface area (TPSA) is 15.3 Å². The van der Waals surface area contributed by atoms with E-state index in [4.69, 9.17) is 34.8 Å². The van der Waals surface area contributed by atoms with Crippen LogP contribution >= 0.6 is 34.8 Å². The second kappa shape index (κ2) is 6.78. The number of nitrogens with zero attached hydrogens (tertiary/aromatic N) is 1. The Labute approximate surface area is 140 Å². The van der Waals surface area contributed by atoms with Gasteiger partial charge in [-0.3, -0.25) is 0 Å². The maximum atomic E-state index is 6.26. The van der Waals surface area contributed by atoms with Crippen molar-refractivity contribution in [3.05, 3.63) is 57.0 Å². The second-order valence-corrected chi connectivity index (χ2v) is 6.37. The van der Waals surface area contributed by atoms with E-state index in [2.05, 4.69) is 5.32 Å². The maximum absolute atomic E-state index is 6.26. The summed E-state index contributed by atoms with van der Waals surface area (Å²) in [4.78, 5) is 2.03. The van der Waals surface area contributed by atoms with E-state index in [1.54, 1.807) is 6.07 Å². The third-order valence-corrected chi connectivity index (χ3v) is 4.05. The summed E-state index contributed by atoms with van der Waals surface area (Å²) < 4.78 is 0. The van der Waals surface area contributed by atoms with Gasteiger partial charge in [0.1, 0.15) is 0 Å². The van der Waals surface area contributed by atoms with Crippen LogP contribution in [0.3, 0.4) is 0 Å². The zero-order valence-electron chi connectivity index (χ0n) is 12.1. The normalized spacial score (nSPS) is 12.1. The lowest BCUT2D eigenvalue weighted by molar-refractivity contribution is 0.883. The van der Waals surface area contributed by atoms with Gasteiger partial charge in [-0.2, -0.15) is 0 Å². The van der Waals surface area contributed by atoms with Crippen molar-refractivity contribution in [3.63, 3.8) is 0 Å². The summed E-state index contributed by atoms with van der Waals surface area (Å²) in [7, 11) is 3.98. The smallest absolute Gasteiger partial charge is 0.0598 e. The number of benzene rings is 2. The largest absolute Gasteiger partial charge is 0.377 e. The van der Waals surface area contributed by atoms with Crippen LogP contribution < -0.4 is 10.2 Å². The van der Waals surface area contributed by atoms with Gasteiger partial charge in [0.15, 0.2) is 0 Å². The zero-order chi connectivity index (χ0) is 15.6. The van der Waals surface area contributed by atoms with Gasteiger partial charge in [-0.15, -0.1) is 0 Å². The number of halogens is 3. The Morgan fingerprint density at radius 3 is 2.24 bits per heavy atom. The third-order valence-electron chi connectivity index (χ3n) is 3.24. The Hall–Kier alpha value is -1.09. The molecule has 1 atom stereocenters. The summed E-state index contributed by atoms with van der Waals surface area (Å²) >= 11 is 18.4. The SMILES string of the molecule is CC(Nc1cc(Cl)ccc1N(C)C)c1cc(Cl)ccc1Cl. The Balaban J connectivity index is 2.33. The van der Waals surface area contributed by atoms with Gasteiger partial charge in [0, 0.05) is 29.2 Å². The van der Waals surface area contributed by atoms with E-state index in [0.29, 0.717) is 15.1 Å². The average molecular weight is 344 g/mol. The summed E-state index contributed by atoms with van der Waals surface area (Å²) in [5, 5.41) is 5.49. The van der Waals surface area contributed by atoms with Crippen LogP contribution in [0.15, 0.2) is 36.4 Å². The minimum Gasteiger partial charge on any atom is -0.377 e. The molecule has 1 N–H and O–H groups in total. The fourth-order valence-electron chi connectivity index (χ4n) is 2.17. The molecular weight excluding hydrogens is 327 g/mol. The first kappa shape index (κ1) is 16.3. The van der Waals surface area contributed by atoms with Crippen molar-refractivity contribution in [3.8, 4) is 0 Å². The monoisotopic (exact) mass is 342 g/mol. The fourth-order valence-corrected chi connectivity index (χ4v) is 2.81. The molecule has 2 aromatic carbocycles. The molecule has 0 heterocycles. The summed E-state index contributed by atoms with van der Waals surface area (Å²) in [6, 6.07) is 11.2. The van der Waals surface area contributed by atoms with Crippen molar-refractivity contribution in [2.45, 2.75) is 13.0 Å². The summed E-state index contributed by atoms with van der Waals surface area (Å²) in [5.74, 6) is 0. The number of rotatable bonds is 4. The quantitative estimate of drug-likeness (QED) is 0.745. The molecule has 0 saturated heterocycles. The van der Waals surface area contributed by atoms with Gasteiger partial charge in [-0.05, 0) is 48.9 Å². The molecule has 2 rings (SSSR count). The first-order valence-corrected chi connectivity index (χ1v) is 7.70. The summed E-state index contributed by atoms with van der Waals surface area (Å²) in [6.45, 7) is 2.04. The Morgan fingerprint density at radius 2 is 1.57 bits per heavy atom. The molecule has 1 unspecified atom stereocenters. The van der Waals surface area contributed by atoms with Crippen molar-refractivity contribution in [2.24, 2.45) is 0 Å². The first-order chi connectivity index (χ1) is 9.88. The van der Waals surface area contributed by atoms with E-state index in [-0.39, 0.29) is 6.04 Å². The van der Waals surface area contributed by atoms with Crippen LogP contribution in [0.5, 0.6) is 0 Å². The number of anilines is 2. The van der Waals surface area contributed by atoms with Crippen LogP contribution in [0, 0.1) is 0 Å². The average Bonchev–Trinajstić information content (AvgIpc) is 2.41. The van der Waals surface area contributed by atoms with Gasteiger partial charge in [-0.1, -0.05) is 34.8 Å². The minimum absolute atomic E-state index is 0.00775. The predicted octanol–water partition coefficient (Wildman–Crippen LogP) is 5.89. The van der Waals surface area contributed by atoms with Crippen molar-refractivity contribution in [1.29, 1.82) is 0 Å². The molecule has 2 nitrogen and oxygen atoms in total. The van der Waals surface area contributed by atoms with Crippen LogP contribution in [-0.4, -0.2) is 14.1 Å². The molecule has 112 valence electrons. The zero-order valence-corrected chi connectivity index (χ0v) is 14.4. The lowest BCUT2D eigenvalue weighted by Crippen LogP contribution is -2.14. The third kappa shape index (κ3) is 3.97. The van der Waals surface area contributed by atoms with Gasteiger partial charge in [0.25, 0.3) is 0 Å². The number of nitrogens with one attached hydrogen (secondary N) is 1. The number of hydrogen-bond donors (Lipinski definition) is 1. The van der Waals surface area contributed by atoms with Crippen LogP contribution in [0.1, 0.15) is 18.5 Å². The van der Waals surface area contributed by atoms with E-state index < -0.39 is 0 Å². The molecule has 0 fully saturated rings. The molecule has 0 saturated carbocycles. The summed E-state index contributed by atoms with van der Waals surface area (Å²) in [5.41, 5.74) is 2.97. The molecule has 2 aromatic rings. The Morgan fingerprint density at radius 1 is 0.952 bits per heavy atom. The number of hydrogen-bond acceptors (Lipinski definition) is 2. The van der Waals surface area contributed by atoms with E-state index in [1.807, 2.05) is 56.3 Å². The first-order valence-electron chi connectivity index (χ1n) is 6.57. The maximum Gasteiger partial charge on any atom is 0.0598 e. The van der Waals surface area contributed by atoms with E-state index in [1.165, 1.54) is 0 Å². The molecule has 0 aliphatic heterocycles. The molecule has 0 amide bonds. The fraction of sp³-hybridized carbons (Fsp3) is 0.250. The minimum atomic E-state index is 0.00775. The van der Waals surface area contributed by atoms with Gasteiger partial charge in [0.05, 0.1) is 17.4 Å². The van der Waals surface area contributed by atoms with Crippen molar-refractivity contribution in [1.82, 2.24) is 0 Å². The molecule has 0 aromatic heterocycles. The van der Waals surface area contributed by atoms with E-state index in [9.17, 15) is 0 Å². The second-order valence-electron chi connectivity index (χ2n) is 5.09. The molecular formula is C16H17Cl3N2. The van der Waals surface area contributed by atoms with Crippen molar-refractivity contribution < 1.29 is 0 Å². The molecule has 0 spiro atoms. The van der Waals surface area contributed by atoms with Gasteiger partial charge >= 0.3 is 0 Å². The van der Waals surface area contributed by atoms with Gasteiger partial charge in [0.2, 0.25) is 0 Å². The molecule has 0 bridgehead atoms. The van der Waals surface area contributed by atoms with Crippen LogP contribution in [0.2, 0.25) is 15.1 Å². The van der Waals surface area contributed by atoms with E-state index in [0.717, 1.165) is 16.9 Å². The lowest BCUT2D eigenvalue weighted by Gasteiger charge is -2.23. The highest BCUT2D eigenvalue weighted by atomic mass is 35.5. The highest BCUT2D eigenvalue weighted by molar-refractivity contribution is 6.33. The molecule has 0 radical (unpaired) electrons. The highest BCUT2D eigenvalue weighted by Gasteiger charge is 2.13. The van der Waals surface area contributed by atoms with Gasteiger partial charge < -0.3 is 10.2 Å². The highest BCUT2D eigenvalue weighted by Crippen LogP contribution is 2.33. The standard InChI is InChI=1S/C16H17Cl3N2/c1-10(13-8-11(17)4-6-14(13)19)20-15-9-12(18)5-7-16(15)21(2)3/h4-10,20H,1-3H3. The van der Waals surface area contributed by atoms with E-state index >= 15 is 0 Å². The van der Waals surface area contributed by atoms with Crippen molar-refractivity contribution in [2.75, 3.05) is 24.3 Å². The van der Waals surface area contributed by atoms with Crippen molar-refractivity contribution >= 4 is 46.2 Å². The molecule has 0 aliphatic carbocycles. The van der Waals surface area contributed by atoms with Crippen LogP contribution in [0.4, 0.5) is 11.4 Å². The molecule has 0 aliphatic rings. The van der Waals surface area contributed by atoms with Crippen LogP contribution in [-0.2, 0) is 0 Å².